The molecule has 2 aliphatic heterocycles. The third kappa shape index (κ3) is 3.15. The molecule has 2 aliphatic rings. The number of fused-ring (bicyclic) bond motifs is 6. The van der Waals surface area contributed by atoms with Crippen molar-refractivity contribution in [3.63, 3.8) is 0 Å². The van der Waals surface area contributed by atoms with Crippen LogP contribution in [-0.4, -0.2) is 39.9 Å². The van der Waals surface area contributed by atoms with E-state index >= 15 is 0 Å². The average Bonchev–Trinajstić information content (AvgIpc) is 3.20. The van der Waals surface area contributed by atoms with Crippen LogP contribution in [0.2, 0.25) is 0 Å². The fraction of sp³-hybridized carbons (Fsp3) is 0.222. The molecule has 34 heavy (non-hydrogen) atoms. The van der Waals surface area contributed by atoms with Crippen LogP contribution in [0.25, 0.3) is 10.9 Å². The van der Waals surface area contributed by atoms with E-state index in [1.54, 1.807) is 12.3 Å². The van der Waals surface area contributed by atoms with Crippen LogP contribution in [0.1, 0.15) is 34.2 Å². The first kappa shape index (κ1) is 20.5. The van der Waals surface area contributed by atoms with Crippen molar-refractivity contribution >= 4 is 34.2 Å². The molecule has 0 aliphatic carbocycles. The number of anilines is 2. The van der Waals surface area contributed by atoms with Gasteiger partial charge in [0.05, 0.1) is 16.9 Å². The van der Waals surface area contributed by atoms with Crippen LogP contribution in [0.4, 0.5) is 11.5 Å². The van der Waals surface area contributed by atoms with E-state index in [1.165, 1.54) is 10.9 Å². The number of nitrogens with zero attached hydrogens (tertiary/aromatic N) is 4. The number of carbonyl (C=O) groups excluding carboxylic acids is 2. The molecule has 6 rings (SSSR count). The van der Waals surface area contributed by atoms with Gasteiger partial charge in [-0.1, -0.05) is 36.4 Å². The fourth-order valence-corrected chi connectivity index (χ4v) is 5.40. The van der Waals surface area contributed by atoms with E-state index < -0.39 is 0 Å². The van der Waals surface area contributed by atoms with E-state index in [9.17, 15) is 9.59 Å². The molecule has 0 saturated heterocycles. The summed E-state index contributed by atoms with van der Waals surface area (Å²) in [5.41, 5.74) is 5.14. The number of hydrogen-bond acceptors (Lipinski definition) is 4. The fourth-order valence-electron chi connectivity index (χ4n) is 5.40. The highest BCUT2D eigenvalue weighted by Gasteiger charge is 2.42. The third-order valence-corrected chi connectivity index (χ3v) is 6.90. The Morgan fingerprint density at radius 2 is 1.85 bits per heavy atom. The minimum atomic E-state index is -0.211. The quantitative estimate of drug-likeness (QED) is 0.505. The van der Waals surface area contributed by atoms with Gasteiger partial charge in [-0.05, 0) is 42.3 Å². The number of carbonyl (C=O) groups is 2. The van der Waals surface area contributed by atoms with Crippen molar-refractivity contribution in [3.8, 4) is 0 Å². The smallest absolute Gasteiger partial charge is 0.257 e. The molecule has 0 saturated carbocycles. The second-order valence-electron chi connectivity index (χ2n) is 8.80. The van der Waals surface area contributed by atoms with Crippen molar-refractivity contribution < 1.29 is 9.59 Å². The SMILES string of the molecule is CN1c2ccccc2C(=O)N2CCc3c(n(CCC(=O)Nc4ccccn4)c4ccccc34)C21. The second-order valence-corrected chi connectivity index (χ2v) is 8.80. The molecular formula is C27H25N5O2. The zero-order chi connectivity index (χ0) is 23.2. The van der Waals surface area contributed by atoms with Crippen molar-refractivity contribution in [2.24, 2.45) is 0 Å². The van der Waals surface area contributed by atoms with Gasteiger partial charge in [-0.2, -0.15) is 0 Å². The second kappa shape index (κ2) is 8.02. The van der Waals surface area contributed by atoms with Crippen LogP contribution in [0.3, 0.4) is 0 Å². The number of nitrogens with one attached hydrogen (secondary N) is 1. The summed E-state index contributed by atoms with van der Waals surface area (Å²) in [4.78, 5) is 34.5. The predicted octanol–water partition coefficient (Wildman–Crippen LogP) is 4.21. The maximum atomic E-state index is 13.4. The molecule has 0 spiro atoms. The van der Waals surface area contributed by atoms with E-state index in [0.717, 1.165) is 28.9 Å². The lowest BCUT2D eigenvalue weighted by atomic mass is 9.96. The summed E-state index contributed by atoms with van der Waals surface area (Å²) in [6.07, 6.45) is 2.55. The Balaban J connectivity index is 1.40. The van der Waals surface area contributed by atoms with Crippen LogP contribution in [0, 0.1) is 0 Å². The van der Waals surface area contributed by atoms with Crippen molar-refractivity contribution in [3.05, 3.63) is 89.7 Å². The standard InChI is InChI=1S/C27H25N5O2/c1-30-21-10-4-3-9-20(21)27(34)32-16-13-19-18-8-2-5-11-22(18)31(25(19)26(30)32)17-14-24(33)29-23-12-6-7-15-28-23/h2-12,15,26H,13-14,16-17H2,1H3,(H,28,29,33). The van der Waals surface area contributed by atoms with Crippen molar-refractivity contribution in [2.75, 3.05) is 23.8 Å². The first-order chi connectivity index (χ1) is 16.6. The van der Waals surface area contributed by atoms with Crippen LogP contribution in [-0.2, 0) is 17.8 Å². The molecule has 4 aromatic rings. The van der Waals surface area contributed by atoms with Crippen molar-refractivity contribution in [1.82, 2.24) is 14.5 Å². The van der Waals surface area contributed by atoms with Gasteiger partial charge >= 0.3 is 0 Å². The lowest BCUT2D eigenvalue weighted by Gasteiger charge is -2.46. The summed E-state index contributed by atoms with van der Waals surface area (Å²) in [6, 6.07) is 21.6. The molecule has 1 atom stereocenters. The number of benzene rings is 2. The Morgan fingerprint density at radius 3 is 2.71 bits per heavy atom. The summed E-state index contributed by atoms with van der Waals surface area (Å²) < 4.78 is 2.23. The predicted molar refractivity (Wildman–Crippen MR) is 132 cm³/mol. The first-order valence-corrected chi connectivity index (χ1v) is 11.6. The number of amides is 2. The van der Waals surface area contributed by atoms with E-state index in [-0.39, 0.29) is 18.0 Å². The summed E-state index contributed by atoms with van der Waals surface area (Å²) >= 11 is 0. The van der Waals surface area contributed by atoms with Gasteiger partial charge in [0.2, 0.25) is 5.91 Å². The van der Waals surface area contributed by atoms with Gasteiger partial charge in [0, 0.05) is 43.7 Å². The molecular weight excluding hydrogens is 426 g/mol. The number of rotatable bonds is 4. The summed E-state index contributed by atoms with van der Waals surface area (Å²) in [7, 11) is 2.05. The van der Waals surface area contributed by atoms with Crippen LogP contribution >= 0.6 is 0 Å². The van der Waals surface area contributed by atoms with Crippen LogP contribution in [0.5, 0.6) is 0 Å². The minimum absolute atomic E-state index is 0.0639. The first-order valence-electron chi connectivity index (χ1n) is 11.6. The topological polar surface area (TPSA) is 70.5 Å². The Hall–Kier alpha value is -4.13. The van der Waals surface area contributed by atoms with Gasteiger partial charge < -0.3 is 19.7 Å². The van der Waals surface area contributed by atoms with Crippen LogP contribution < -0.4 is 10.2 Å². The zero-order valence-electron chi connectivity index (χ0n) is 18.9. The van der Waals surface area contributed by atoms with Gasteiger partial charge in [0.1, 0.15) is 12.0 Å². The van der Waals surface area contributed by atoms with Crippen molar-refractivity contribution in [1.29, 1.82) is 0 Å². The Bertz CT molecular complexity index is 1410. The maximum Gasteiger partial charge on any atom is 0.257 e. The number of pyridine rings is 1. The molecule has 2 aromatic heterocycles. The molecule has 7 heteroatoms. The molecule has 2 amide bonds. The lowest BCUT2D eigenvalue weighted by Crippen LogP contribution is -2.51. The minimum Gasteiger partial charge on any atom is -0.349 e. The zero-order valence-corrected chi connectivity index (χ0v) is 18.9. The largest absolute Gasteiger partial charge is 0.349 e. The normalized spacial score (nSPS) is 16.7. The van der Waals surface area contributed by atoms with Gasteiger partial charge in [0.15, 0.2) is 0 Å². The highest BCUT2D eigenvalue weighted by Crippen LogP contribution is 2.44. The van der Waals surface area contributed by atoms with Gasteiger partial charge in [-0.15, -0.1) is 0 Å². The molecule has 1 unspecified atom stereocenters. The van der Waals surface area contributed by atoms with Gasteiger partial charge in [0.25, 0.3) is 5.91 Å². The number of para-hydroxylation sites is 2. The molecule has 0 bridgehead atoms. The molecule has 4 heterocycles. The third-order valence-electron chi connectivity index (χ3n) is 6.90. The highest BCUT2D eigenvalue weighted by molar-refractivity contribution is 6.02. The summed E-state index contributed by atoms with van der Waals surface area (Å²) in [5.74, 6) is 0.526. The molecule has 7 nitrogen and oxygen atoms in total. The van der Waals surface area contributed by atoms with Crippen LogP contribution in [0.15, 0.2) is 72.9 Å². The molecule has 2 aromatic carbocycles. The average molecular weight is 452 g/mol. The van der Waals surface area contributed by atoms with E-state index in [0.29, 0.717) is 25.3 Å². The van der Waals surface area contributed by atoms with Gasteiger partial charge in [-0.3, -0.25) is 9.59 Å². The maximum absolute atomic E-state index is 13.4. The highest BCUT2D eigenvalue weighted by atomic mass is 16.2. The Labute approximate surface area is 197 Å². The van der Waals surface area contributed by atoms with E-state index in [4.69, 9.17) is 0 Å². The number of aryl methyl sites for hydroxylation is 1. The van der Waals surface area contributed by atoms with Gasteiger partial charge in [-0.25, -0.2) is 4.98 Å². The molecule has 1 N–H and O–H groups in total. The molecule has 170 valence electrons. The number of aromatic nitrogens is 2. The monoisotopic (exact) mass is 451 g/mol. The van der Waals surface area contributed by atoms with E-state index in [1.807, 2.05) is 54.4 Å². The summed E-state index contributed by atoms with van der Waals surface area (Å²) in [5, 5.41) is 4.08. The Kier molecular flexibility index (Phi) is 4.83. The molecule has 0 radical (unpaired) electrons. The summed E-state index contributed by atoms with van der Waals surface area (Å²) in [6.45, 7) is 1.19. The Morgan fingerprint density at radius 1 is 1.06 bits per heavy atom. The van der Waals surface area contributed by atoms with E-state index in [2.05, 4.69) is 38.0 Å². The molecule has 0 fully saturated rings. The lowest BCUT2D eigenvalue weighted by molar-refractivity contribution is -0.116. The van der Waals surface area contributed by atoms with Crippen molar-refractivity contribution in [2.45, 2.75) is 25.6 Å². The number of hydrogen-bond donors (Lipinski definition) is 1.